The topological polar surface area (TPSA) is 53.3 Å². The van der Waals surface area contributed by atoms with Crippen LogP contribution < -0.4 is 4.74 Å². The highest BCUT2D eigenvalue weighted by atomic mass is 16.5. The van der Waals surface area contributed by atoms with Crippen molar-refractivity contribution < 1.29 is 9.53 Å². The highest BCUT2D eigenvalue weighted by molar-refractivity contribution is 6.08. The quantitative estimate of drug-likeness (QED) is 0.637. The first-order valence-corrected chi connectivity index (χ1v) is 7.87. The van der Waals surface area contributed by atoms with Gasteiger partial charge in [0.1, 0.15) is 5.75 Å². The fraction of sp³-hybridized carbons (Fsp3) is 0.143. The number of amides is 1. The number of hydrogen-bond donors (Lipinski definition) is 0. The van der Waals surface area contributed by atoms with Gasteiger partial charge in [0.05, 0.1) is 0 Å². The van der Waals surface area contributed by atoms with Crippen LogP contribution >= 0.6 is 0 Å². The molecule has 0 N–H and O–H groups in total. The monoisotopic (exact) mass is 328 g/mol. The predicted molar refractivity (Wildman–Crippen MR) is 95.4 cm³/mol. The number of nitriles is 1. The molecule has 0 unspecified atom stereocenters. The van der Waals surface area contributed by atoms with Gasteiger partial charge in [-0.15, -0.1) is 5.26 Å². The van der Waals surface area contributed by atoms with Crippen molar-refractivity contribution in [2.24, 2.45) is 0 Å². The second-order valence-electron chi connectivity index (χ2n) is 5.67. The van der Waals surface area contributed by atoms with E-state index in [9.17, 15) is 4.79 Å². The number of rotatable bonds is 3. The van der Waals surface area contributed by atoms with Gasteiger partial charge in [0.25, 0.3) is 12.2 Å². The molecule has 0 aliphatic carbocycles. The Morgan fingerprint density at radius 3 is 2.64 bits per heavy atom. The summed E-state index contributed by atoms with van der Waals surface area (Å²) in [4.78, 5) is 14.1. The molecule has 122 valence electrons. The Morgan fingerprint density at radius 1 is 1.20 bits per heavy atom. The molecule has 1 amide bonds. The molecule has 4 heteroatoms. The SMILES string of the molecule is C=C1c2ccccc2C(=O)N1CCC#Cc1ccc(OC#N)c(C)c1. The molecule has 2 aromatic rings. The van der Waals surface area contributed by atoms with Gasteiger partial charge in [0.15, 0.2) is 0 Å². The minimum Gasteiger partial charge on any atom is -0.388 e. The Balaban J connectivity index is 1.64. The van der Waals surface area contributed by atoms with Crippen molar-refractivity contribution in [3.8, 4) is 23.8 Å². The number of fused-ring (bicyclic) bond motifs is 1. The number of ether oxygens (including phenoxy) is 1. The zero-order valence-corrected chi connectivity index (χ0v) is 13.9. The zero-order valence-electron chi connectivity index (χ0n) is 13.9. The van der Waals surface area contributed by atoms with Gasteiger partial charge in [0.2, 0.25) is 0 Å². The van der Waals surface area contributed by atoms with Crippen molar-refractivity contribution >= 4 is 11.6 Å². The minimum atomic E-state index is -0.0174. The Bertz CT molecular complexity index is 923. The lowest BCUT2D eigenvalue weighted by atomic mass is 10.1. The fourth-order valence-electron chi connectivity index (χ4n) is 2.79. The summed E-state index contributed by atoms with van der Waals surface area (Å²) >= 11 is 0. The van der Waals surface area contributed by atoms with Gasteiger partial charge in [-0.3, -0.25) is 4.79 Å². The second-order valence-corrected chi connectivity index (χ2v) is 5.67. The summed E-state index contributed by atoms with van der Waals surface area (Å²) in [6.07, 6.45) is 2.21. The molecule has 0 bridgehead atoms. The summed E-state index contributed by atoms with van der Waals surface area (Å²) in [7, 11) is 0. The number of nitrogens with zero attached hydrogens (tertiary/aromatic N) is 2. The van der Waals surface area contributed by atoms with Gasteiger partial charge in [-0.2, -0.15) is 0 Å². The van der Waals surface area contributed by atoms with E-state index in [0.717, 1.165) is 22.4 Å². The summed E-state index contributed by atoms with van der Waals surface area (Å²) < 4.78 is 4.84. The lowest BCUT2D eigenvalue weighted by Gasteiger charge is -2.15. The number of carbonyl (C=O) groups is 1. The maximum Gasteiger partial charge on any atom is 0.292 e. The maximum atomic E-state index is 12.4. The first-order valence-electron chi connectivity index (χ1n) is 7.87. The van der Waals surface area contributed by atoms with Crippen LogP contribution in [0.2, 0.25) is 0 Å². The molecule has 0 atom stereocenters. The largest absolute Gasteiger partial charge is 0.388 e. The molecule has 3 rings (SSSR count). The molecule has 1 aliphatic rings. The van der Waals surface area contributed by atoms with E-state index in [1.807, 2.05) is 43.3 Å². The van der Waals surface area contributed by atoms with Crippen molar-refractivity contribution in [1.82, 2.24) is 4.90 Å². The van der Waals surface area contributed by atoms with Gasteiger partial charge in [0, 0.05) is 35.4 Å². The van der Waals surface area contributed by atoms with Gasteiger partial charge in [-0.05, 0) is 36.8 Å². The number of benzene rings is 2. The predicted octanol–water partition coefficient (Wildman–Crippen LogP) is 3.72. The third-order valence-corrected chi connectivity index (χ3v) is 4.06. The van der Waals surface area contributed by atoms with Crippen LogP contribution in [0.5, 0.6) is 5.75 Å². The second kappa shape index (κ2) is 6.95. The third-order valence-electron chi connectivity index (χ3n) is 4.06. The number of hydrogen-bond acceptors (Lipinski definition) is 3. The Hall–Kier alpha value is -3.50. The standard InChI is InChI=1S/C21H16N2O2/c1-15-13-17(10-11-20(15)25-14-22)7-5-6-12-23-16(2)18-8-3-4-9-19(18)21(23)24/h3-4,8-11,13H,2,6,12H2,1H3. The molecule has 0 saturated heterocycles. The van der Waals surface area contributed by atoms with Crippen molar-refractivity contribution in [1.29, 1.82) is 5.26 Å². The van der Waals surface area contributed by atoms with Gasteiger partial charge >= 0.3 is 0 Å². The van der Waals surface area contributed by atoms with Crippen LogP contribution in [0.3, 0.4) is 0 Å². The molecule has 0 saturated carbocycles. The number of aryl methyl sites for hydroxylation is 1. The molecule has 25 heavy (non-hydrogen) atoms. The van der Waals surface area contributed by atoms with E-state index in [-0.39, 0.29) is 5.91 Å². The molecule has 1 aliphatic heterocycles. The lowest BCUT2D eigenvalue weighted by molar-refractivity contribution is 0.0853. The normalized spacial score (nSPS) is 12.2. The smallest absolute Gasteiger partial charge is 0.292 e. The van der Waals surface area contributed by atoms with E-state index < -0.39 is 0 Å². The van der Waals surface area contributed by atoms with Crippen LogP contribution in [0.1, 0.15) is 33.5 Å². The zero-order chi connectivity index (χ0) is 17.8. The summed E-state index contributed by atoms with van der Waals surface area (Å²) in [5.74, 6) is 6.67. The molecule has 0 spiro atoms. The van der Waals surface area contributed by atoms with Crippen molar-refractivity contribution in [2.75, 3.05) is 6.54 Å². The van der Waals surface area contributed by atoms with Crippen LogP contribution in [-0.4, -0.2) is 17.4 Å². The van der Waals surface area contributed by atoms with Gasteiger partial charge in [-0.25, -0.2) is 0 Å². The third kappa shape index (κ3) is 3.24. The summed E-state index contributed by atoms with van der Waals surface area (Å²) in [5, 5.41) is 8.56. The van der Waals surface area contributed by atoms with E-state index in [0.29, 0.717) is 24.3 Å². The highest BCUT2D eigenvalue weighted by Gasteiger charge is 2.29. The lowest BCUT2D eigenvalue weighted by Crippen LogP contribution is -2.23. The summed E-state index contributed by atoms with van der Waals surface area (Å²) in [6.45, 7) is 6.39. The van der Waals surface area contributed by atoms with Crippen molar-refractivity contribution in [2.45, 2.75) is 13.3 Å². The number of carbonyl (C=O) groups excluding carboxylic acids is 1. The fourth-order valence-corrected chi connectivity index (χ4v) is 2.79. The maximum absolute atomic E-state index is 12.4. The van der Waals surface area contributed by atoms with Gasteiger partial charge in [-0.1, -0.05) is 36.6 Å². The van der Waals surface area contributed by atoms with Crippen LogP contribution in [0, 0.1) is 30.3 Å². The molecule has 0 radical (unpaired) electrons. The van der Waals surface area contributed by atoms with Crippen molar-refractivity contribution in [3.63, 3.8) is 0 Å². The first kappa shape index (κ1) is 16.4. The first-order chi connectivity index (χ1) is 12.1. The Labute approximate surface area is 147 Å². The van der Waals surface area contributed by atoms with Crippen LogP contribution in [-0.2, 0) is 0 Å². The van der Waals surface area contributed by atoms with Crippen LogP contribution in [0.4, 0.5) is 0 Å². The average molecular weight is 328 g/mol. The molecule has 4 nitrogen and oxygen atoms in total. The van der Waals surface area contributed by atoms with E-state index in [4.69, 9.17) is 10.00 Å². The molecule has 0 aromatic heterocycles. The minimum absolute atomic E-state index is 0.0174. The Morgan fingerprint density at radius 2 is 1.96 bits per heavy atom. The molecule has 0 fully saturated rings. The average Bonchev–Trinajstić information content (AvgIpc) is 2.86. The summed E-state index contributed by atoms with van der Waals surface area (Å²) in [5.41, 5.74) is 4.02. The van der Waals surface area contributed by atoms with E-state index >= 15 is 0 Å². The highest BCUT2D eigenvalue weighted by Crippen LogP contribution is 2.30. The van der Waals surface area contributed by atoms with E-state index in [1.54, 1.807) is 17.2 Å². The van der Waals surface area contributed by atoms with E-state index in [2.05, 4.69) is 18.4 Å². The molecular formula is C21H16N2O2. The molecular weight excluding hydrogens is 312 g/mol. The van der Waals surface area contributed by atoms with E-state index in [1.165, 1.54) is 0 Å². The summed E-state index contributed by atoms with van der Waals surface area (Å²) in [6, 6.07) is 12.9. The van der Waals surface area contributed by atoms with Crippen LogP contribution in [0.25, 0.3) is 5.70 Å². The Kier molecular flexibility index (Phi) is 4.55. The molecule has 2 aromatic carbocycles. The van der Waals surface area contributed by atoms with Crippen LogP contribution in [0.15, 0.2) is 49.0 Å². The molecule has 1 heterocycles. The van der Waals surface area contributed by atoms with Gasteiger partial charge < -0.3 is 9.64 Å². The van der Waals surface area contributed by atoms with Crippen molar-refractivity contribution in [3.05, 3.63) is 71.3 Å².